The first-order valence-electron chi connectivity index (χ1n) is 10.6. The number of Topliss-reactive ketones (excluding diaryl/α,β-unsaturated/α-hetero) is 1. The van der Waals surface area contributed by atoms with Crippen LogP contribution >= 0.6 is 22.9 Å². The van der Waals surface area contributed by atoms with Crippen LogP contribution in [0.2, 0.25) is 5.02 Å². The first-order valence-corrected chi connectivity index (χ1v) is 11.9. The van der Waals surface area contributed by atoms with Crippen LogP contribution in [0, 0.1) is 6.92 Å². The highest BCUT2D eigenvalue weighted by molar-refractivity contribution is 7.10. The number of amides is 1. The van der Waals surface area contributed by atoms with Gasteiger partial charge in [-0.25, -0.2) is 0 Å². The molecule has 2 aromatic carbocycles. The summed E-state index contributed by atoms with van der Waals surface area (Å²) in [6.45, 7) is 2.24. The second-order valence-corrected chi connectivity index (χ2v) is 9.29. The van der Waals surface area contributed by atoms with Gasteiger partial charge in [-0.3, -0.25) is 9.59 Å². The molecule has 1 fully saturated rings. The smallest absolute Gasteiger partial charge is 0.295 e. The largest absolute Gasteiger partial charge is 0.507 e. The Bertz CT molecular complexity index is 1260. The van der Waals surface area contributed by atoms with Crippen molar-refractivity contribution in [2.75, 3.05) is 20.8 Å². The number of ketones is 1. The molecule has 1 aliphatic rings. The minimum atomic E-state index is -0.718. The molecule has 176 valence electrons. The summed E-state index contributed by atoms with van der Waals surface area (Å²) in [6.07, 6.45) is 0.539. The van der Waals surface area contributed by atoms with E-state index in [1.807, 2.05) is 30.5 Å². The average molecular weight is 498 g/mol. The summed E-state index contributed by atoms with van der Waals surface area (Å²) in [5.74, 6) is -0.747. The van der Waals surface area contributed by atoms with Crippen molar-refractivity contribution in [3.63, 3.8) is 0 Å². The second-order valence-electron chi connectivity index (χ2n) is 7.90. The second kappa shape index (κ2) is 9.91. The number of nitrogens with zero attached hydrogens (tertiary/aromatic N) is 1. The third-order valence-corrected chi connectivity index (χ3v) is 7.23. The van der Waals surface area contributed by atoms with Crippen molar-refractivity contribution in [3.05, 3.63) is 86.1 Å². The predicted octanol–water partition coefficient (Wildman–Crippen LogP) is 5.39. The van der Waals surface area contributed by atoms with Gasteiger partial charge < -0.3 is 19.5 Å². The van der Waals surface area contributed by atoms with E-state index in [1.54, 1.807) is 30.3 Å². The zero-order valence-corrected chi connectivity index (χ0v) is 20.6. The molecule has 1 aliphatic heterocycles. The van der Waals surface area contributed by atoms with E-state index in [0.717, 1.165) is 16.0 Å². The van der Waals surface area contributed by atoms with E-state index in [9.17, 15) is 14.7 Å². The van der Waals surface area contributed by atoms with E-state index in [4.69, 9.17) is 21.1 Å². The molecule has 0 spiro atoms. The summed E-state index contributed by atoms with van der Waals surface area (Å²) in [5, 5.41) is 13.9. The van der Waals surface area contributed by atoms with Gasteiger partial charge >= 0.3 is 0 Å². The van der Waals surface area contributed by atoms with Crippen LogP contribution < -0.4 is 9.47 Å². The van der Waals surface area contributed by atoms with Gasteiger partial charge in [-0.05, 0) is 60.2 Å². The van der Waals surface area contributed by atoms with Crippen LogP contribution in [0.15, 0.2) is 59.5 Å². The molecule has 6 nitrogen and oxygen atoms in total. The van der Waals surface area contributed by atoms with Gasteiger partial charge in [0.05, 0.1) is 31.4 Å². The molecule has 0 radical (unpaired) electrons. The molecule has 1 aromatic heterocycles. The Kier molecular flexibility index (Phi) is 6.95. The molecule has 1 unspecified atom stereocenters. The Labute approximate surface area is 207 Å². The highest BCUT2D eigenvalue weighted by Crippen LogP contribution is 2.44. The van der Waals surface area contributed by atoms with Gasteiger partial charge in [-0.1, -0.05) is 23.7 Å². The van der Waals surface area contributed by atoms with Gasteiger partial charge in [0.15, 0.2) is 0 Å². The number of carbonyl (C=O) groups is 2. The Morgan fingerprint density at radius 3 is 2.44 bits per heavy atom. The number of benzene rings is 2. The number of rotatable bonds is 7. The Hall–Kier alpha value is -3.29. The normalized spacial score (nSPS) is 17.3. The van der Waals surface area contributed by atoms with E-state index in [2.05, 4.69) is 0 Å². The molecule has 34 heavy (non-hydrogen) atoms. The van der Waals surface area contributed by atoms with Gasteiger partial charge in [0.25, 0.3) is 11.7 Å². The molecule has 1 saturated heterocycles. The molecule has 0 aliphatic carbocycles. The molecule has 0 bridgehead atoms. The van der Waals surface area contributed by atoms with Crippen molar-refractivity contribution in [3.8, 4) is 11.5 Å². The molecule has 1 N–H and O–H groups in total. The number of hydrogen-bond donors (Lipinski definition) is 1. The minimum absolute atomic E-state index is 0.0510. The van der Waals surface area contributed by atoms with Crippen molar-refractivity contribution in [2.45, 2.75) is 19.4 Å². The first-order chi connectivity index (χ1) is 16.3. The molecule has 1 amide bonds. The van der Waals surface area contributed by atoms with Crippen LogP contribution in [-0.2, 0) is 16.0 Å². The maximum Gasteiger partial charge on any atom is 0.295 e. The molecule has 3 aromatic rings. The molecule has 0 saturated carbocycles. The summed E-state index contributed by atoms with van der Waals surface area (Å²) < 4.78 is 10.7. The lowest BCUT2D eigenvalue weighted by Gasteiger charge is -2.25. The van der Waals surface area contributed by atoms with Crippen molar-refractivity contribution in [1.82, 2.24) is 4.90 Å². The number of aliphatic hydroxyl groups excluding tert-OH is 1. The highest BCUT2D eigenvalue weighted by Gasteiger charge is 2.47. The lowest BCUT2D eigenvalue weighted by molar-refractivity contribution is -0.139. The van der Waals surface area contributed by atoms with E-state index < -0.39 is 17.7 Å². The van der Waals surface area contributed by atoms with E-state index in [1.165, 1.54) is 30.5 Å². The number of halogens is 1. The Morgan fingerprint density at radius 2 is 1.82 bits per heavy atom. The van der Waals surface area contributed by atoms with Gasteiger partial charge in [0.2, 0.25) is 0 Å². The van der Waals surface area contributed by atoms with Crippen LogP contribution in [0.4, 0.5) is 0 Å². The molecule has 4 rings (SSSR count). The number of carbonyl (C=O) groups excluding carboxylic acids is 2. The summed E-state index contributed by atoms with van der Waals surface area (Å²) in [5.41, 5.74) is 2.30. The number of ether oxygens (including phenoxy) is 2. The first kappa shape index (κ1) is 23.9. The van der Waals surface area contributed by atoms with Crippen molar-refractivity contribution < 1.29 is 24.2 Å². The van der Waals surface area contributed by atoms with Gasteiger partial charge in [-0.2, -0.15) is 0 Å². The third kappa shape index (κ3) is 4.41. The van der Waals surface area contributed by atoms with Gasteiger partial charge in [-0.15, -0.1) is 11.3 Å². The van der Waals surface area contributed by atoms with Crippen LogP contribution in [0.1, 0.15) is 27.6 Å². The molecule has 8 heteroatoms. The monoisotopic (exact) mass is 497 g/mol. The lowest BCUT2D eigenvalue weighted by atomic mass is 9.97. The van der Waals surface area contributed by atoms with Crippen LogP contribution in [0.25, 0.3) is 5.76 Å². The van der Waals surface area contributed by atoms with Crippen molar-refractivity contribution in [2.24, 2.45) is 0 Å². The molecular weight excluding hydrogens is 474 g/mol. The zero-order valence-electron chi connectivity index (χ0n) is 19.0. The number of aliphatic hydroxyl groups is 1. The van der Waals surface area contributed by atoms with Crippen LogP contribution in [-0.4, -0.2) is 42.5 Å². The Morgan fingerprint density at radius 1 is 1.09 bits per heavy atom. The minimum Gasteiger partial charge on any atom is -0.507 e. The van der Waals surface area contributed by atoms with Crippen LogP contribution in [0.3, 0.4) is 0 Å². The van der Waals surface area contributed by atoms with Crippen molar-refractivity contribution in [1.29, 1.82) is 0 Å². The SMILES string of the molecule is COc1ccc(/C(O)=C2\C(=O)C(=O)N(CCc3ccc(Cl)cc3)C2c2sccc2C)c(OC)c1. The third-order valence-electron chi connectivity index (χ3n) is 5.91. The summed E-state index contributed by atoms with van der Waals surface area (Å²) in [7, 11) is 3.00. The maximum atomic E-state index is 13.2. The average Bonchev–Trinajstić information content (AvgIpc) is 3.38. The lowest BCUT2D eigenvalue weighted by Crippen LogP contribution is -2.31. The molecule has 2 heterocycles. The number of hydrogen-bond acceptors (Lipinski definition) is 6. The topological polar surface area (TPSA) is 76.1 Å². The maximum absolute atomic E-state index is 13.2. The summed E-state index contributed by atoms with van der Waals surface area (Å²) in [6, 6.07) is 13.5. The Balaban J connectivity index is 1.80. The highest BCUT2D eigenvalue weighted by atomic mass is 35.5. The number of likely N-dealkylation sites (tertiary alicyclic amines) is 1. The fourth-order valence-corrected chi connectivity index (χ4v) is 5.26. The fourth-order valence-electron chi connectivity index (χ4n) is 4.09. The predicted molar refractivity (Wildman–Crippen MR) is 133 cm³/mol. The van der Waals surface area contributed by atoms with Crippen LogP contribution in [0.5, 0.6) is 11.5 Å². The van der Waals surface area contributed by atoms with E-state index >= 15 is 0 Å². The number of aryl methyl sites for hydroxylation is 1. The summed E-state index contributed by atoms with van der Waals surface area (Å²) in [4.78, 5) is 28.8. The van der Waals surface area contributed by atoms with E-state index in [-0.39, 0.29) is 11.3 Å². The van der Waals surface area contributed by atoms with E-state index in [0.29, 0.717) is 35.1 Å². The molecule has 1 atom stereocenters. The van der Waals surface area contributed by atoms with Gasteiger partial charge in [0.1, 0.15) is 17.3 Å². The number of thiophene rings is 1. The fraction of sp³-hybridized carbons (Fsp3) is 0.231. The van der Waals surface area contributed by atoms with Crippen molar-refractivity contribution >= 4 is 40.4 Å². The zero-order chi connectivity index (χ0) is 24.4. The van der Waals surface area contributed by atoms with Gasteiger partial charge in [0, 0.05) is 22.5 Å². The standard InChI is InChI=1S/C26H24ClNO5S/c1-15-11-13-34-25(15)22-21(23(29)19-9-8-18(32-2)14-20(19)33-3)24(30)26(31)28(22)12-10-16-4-6-17(27)7-5-16/h4-9,11,13-14,22,29H,10,12H2,1-3H3/b23-21+. The summed E-state index contributed by atoms with van der Waals surface area (Å²) >= 11 is 7.44. The number of methoxy groups -OCH3 is 2. The quantitative estimate of drug-likeness (QED) is 0.269. The molecular formula is C26H24ClNO5S.